The molecule has 0 bridgehead atoms. The van der Waals surface area contributed by atoms with E-state index in [-0.39, 0.29) is 18.7 Å². The molecule has 1 atom stereocenters. The topological polar surface area (TPSA) is 71.0 Å². The fourth-order valence-corrected chi connectivity index (χ4v) is 3.65. The summed E-state index contributed by atoms with van der Waals surface area (Å²) in [7, 11) is 3.21. The number of aliphatic hydroxyl groups is 1. The Kier molecular flexibility index (Phi) is 6.19. The van der Waals surface area contributed by atoms with Gasteiger partial charge in [-0.2, -0.15) is 0 Å². The van der Waals surface area contributed by atoms with Gasteiger partial charge in [-0.05, 0) is 35.6 Å². The molecule has 0 saturated heterocycles. The van der Waals surface area contributed by atoms with E-state index in [0.717, 1.165) is 17.5 Å². The number of urea groups is 1. The molecule has 2 aromatic rings. The van der Waals surface area contributed by atoms with E-state index in [4.69, 9.17) is 9.47 Å². The second-order valence-corrected chi connectivity index (χ2v) is 6.48. The molecule has 1 aliphatic rings. The van der Waals surface area contributed by atoms with Gasteiger partial charge in [-0.1, -0.05) is 36.4 Å². The summed E-state index contributed by atoms with van der Waals surface area (Å²) < 4.78 is 10.7. The summed E-state index contributed by atoms with van der Waals surface area (Å²) in [6.45, 7) is 0.976. The number of carbonyl (C=O) groups excluding carboxylic acids is 1. The van der Waals surface area contributed by atoms with Crippen LogP contribution in [0.25, 0.3) is 0 Å². The number of ether oxygens (including phenoxy) is 2. The molecule has 27 heavy (non-hydrogen) atoms. The second-order valence-electron chi connectivity index (χ2n) is 6.48. The minimum atomic E-state index is -0.304. The molecule has 6 nitrogen and oxygen atoms in total. The van der Waals surface area contributed by atoms with Crippen LogP contribution in [-0.2, 0) is 12.8 Å². The van der Waals surface area contributed by atoms with Crippen LogP contribution in [-0.4, -0.2) is 50.0 Å². The van der Waals surface area contributed by atoms with Crippen LogP contribution >= 0.6 is 0 Å². The summed E-state index contributed by atoms with van der Waals surface area (Å²) in [5, 5.41) is 12.8. The Morgan fingerprint density at radius 1 is 1.19 bits per heavy atom. The van der Waals surface area contributed by atoms with Crippen molar-refractivity contribution in [3.8, 4) is 11.5 Å². The standard InChI is InChI=1S/C21H26N2O4/c1-26-19-9-5-7-16(20(19)27-2)10-12-22-21(25)23-13-11-15-6-3-4-8-17(15)18(23)14-24/h3-9,18,24H,10-14H2,1-2H3,(H,22,25). The van der Waals surface area contributed by atoms with Crippen molar-refractivity contribution in [3.05, 3.63) is 59.2 Å². The highest BCUT2D eigenvalue weighted by atomic mass is 16.5. The van der Waals surface area contributed by atoms with Gasteiger partial charge in [0.1, 0.15) is 0 Å². The Morgan fingerprint density at radius 2 is 2.00 bits per heavy atom. The fourth-order valence-electron chi connectivity index (χ4n) is 3.65. The van der Waals surface area contributed by atoms with Crippen LogP contribution < -0.4 is 14.8 Å². The molecule has 0 fully saturated rings. The second kappa shape index (κ2) is 8.77. The van der Waals surface area contributed by atoms with Crippen molar-refractivity contribution in [3.63, 3.8) is 0 Å². The molecule has 0 spiro atoms. The maximum Gasteiger partial charge on any atom is 0.318 e. The molecular weight excluding hydrogens is 344 g/mol. The number of benzene rings is 2. The van der Waals surface area contributed by atoms with Crippen molar-refractivity contribution in [2.24, 2.45) is 0 Å². The number of nitrogens with one attached hydrogen (secondary N) is 1. The van der Waals surface area contributed by atoms with E-state index >= 15 is 0 Å². The molecule has 0 saturated carbocycles. The lowest BCUT2D eigenvalue weighted by atomic mass is 9.93. The molecule has 0 radical (unpaired) electrons. The van der Waals surface area contributed by atoms with Crippen molar-refractivity contribution < 1.29 is 19.4 Å². The fraction of sp³-hybridized carbons (Fsp3) is 0.381. The number of nitrogens with zero attached hydrogens (tertiary/aromatic N) is 1. The zero-order valence-electron chi connectivity index (χ0n) is 15.8. The largest absolute Gasteiger partial charge is 0.493 e. The van der Waals surface area contributed by atoms with Crippen molar-refractivity contribution >= 4 is 6.03 Å². The van der Waals surface area contributed by atoms with Gasteiger partial charge >= 0.3 is 6.03 Å². The number of methoxy groups -OCH3 is 2. The number of hydrogen-bond donors (Lipinski definition) is 2. The summed E-state index contributed by atoms with van der Waals surface area (Å²) in [4.78, 5) is 14.4. The van der Waals surface area contributed by atoms with E-state index in [1.165, 1.54) is 5.56 Å². The van der Waals surface area contributed by atoms with Crippen LogP contribution in [0.5, 0.6) is 11.5 Å². The summed E-state index contributed by atoms with van der Waals surface area (Å²) in [6, 6.07) is 13.2. The van der Waals surface area contributed by atoms with Gasteiger partial charge in [0.15, 0.2) is 11.5 Å². The number of para-hydroxylation sites is 1. The number of fused-ring (bicyclic) bond motifs is 1. The minimum absolute atomic E-state index is 0.0891. The lowest BCUT2D eigenvalue weighted by Gasteiger charge is -2.36. The van der Waals surface area contributed by atoms with Crippen LogP contribution in [0.2, 0.25) is 0 Å². The van der Waals surface area contributed by atoms with Gasteiger partial charge in [-0.3, -0.25) is 0 Å². The number of amides is 2. The highest BCUT2D eigenvalue weighted by Gasteiger charge is 2.29. The van der Waals surface area contributed by atoms with Gasteiger partial charge < -0.3 is 24.8 Å². The first kappa shape index (κ1) is 19.0. The molecular formula is C21H26N2O4. The highest BCUT2D eigenvalue weighted by Crippen LogP contribution is 2.31. The van der Waals surface area contributed by atoms with Crippen molar-refractivity contribution in [1.82, 2.24) is 10.2 Å². The predicted octanol–water partition coefficient (Wildman–Crippen LogP) is 2.55. The molecule has 6 heteroatoms. The molecule has 0 aliphatic carbocycles. The average molecular weight is 370 g/mol. The summed E-state index contributed by atoms with van der Waals surface area (Å²) in [6.07, 6.45) is 1.42. The zero-order chi connectivity index (χ0) is 19.2. The van der Waals surface area contributed by atoms with Gasteiger partial charge in [-0.15, -0.1) is 0 Å². The van der Waals surface area contributed by atoms with Gasteiger partial charge in [0, 0.05) is 13.1 Å². The quantitative estimate of drug-likeness (QED) is 0.820. The van der Waals surface area contributed by atoms with Gasteiger partial charge in [-0.25, -0.2) is 4.79 Å². The van der Waals surface area contributed by atoms with E-state index in [0.29, 0.717) is 31.0 Å². The van der Waals surface area contributed by atoms with Gasteiger partial charge in [0.2, 0.25) is 0 Å². The van der Waals surface area contributed by atoms with Crippen molar-refractivity contribution in [2.45, 2.75) is 18.9 Å². The lowest BCUT2D eigenvalue weighted by Crippen LogP contribution is -2.47. The normalized spacial score (nSPS) is 15.8. The third-order valence-electron chi connectivity index (χ3n) is 5.00. The van der Waals surface area contributed by atoms with E-state index in [1.807, 2.05) is 36.4 Å². The molecule has 1 aliphatic heterocycles. The first-order valence-corrected chi connectivity index (χ1v) is 9.12. The maximum absolute atomic E-state index is 12.7. The van der Waals surface area contributed by atoms with Crippen LogP contribution in [0.4, 0.5) is 4.79 Å². The zero-order valence-corrected chi connectivity index (χ0v) is 15.8. The smallest absolute Gasteiger partial charge is 0.318 e. The molecule has 1 heterocycles. The van der Waals surface area contributed by atoms with E-state index < -0.39 is 0 Å². The first-order chi connectivity index (χ1) is 13.2. The number of hydrogen-bond acceptors (Lipinski definition) is 4. The number of rotatable bonds is 6. The van der Waals surface area contributed by atoms with Crippen LogP contribution in [0.15, 0.2) is 42.5 Å². The minimum Gasteiger partial charge on any atom is -0.493 e. The monoisotopic (exact) mass is 370 g/mol. The predicted molar refractivity (Wildman–Crippen MR) is 103 cm³/mol. The van der Waals surface area contributed by atoms with Gasteiger partial charge in [0.05, 0.1) is 26.9 Å². The Bertz CT molecular complexity index is 794. The SMILES string of the molecule is COc1cccc(CCNC(=O)N2CCc3ccccc3C2CO)c1OC. The van der Waals surface area contributed by atoms with E-state index in [2.05, 4.69) is 11.4 Å². The molecule has 1 unspecified atom stereocenters. The van der Waals surface area contributed by atoms with Crippen LogP contribution in [0.3, 0.4) is 0 Å². The summed E-state index contributed by atoms with van der Waals surface area (Å²) in [5.74, 6) is 1.36. The molecule has 3 rings (SSSR count). The Hall–Kier alpha value is -2.73. The molecule has 144 valence electrons. The average Bonchev–Trinajstić information content (AvgIpc) is 2.72. The Morgan fingerprint density at radius 3 is 2.74 bits per heavy atom. The lowest BCUT2D eigenvalue weighted by molar-refractivity contribution is 0.127. The van der Waals surface area contributed by atoms with E-state index in [1.54, 1.807) is 19.1 Å². The third kappa shape index (κ3) is 4.01. The maximum atomic E-state index is 12.7. The van der Waals surface area contributed by atoms with Crippen molar-refractivity contribution in [1.29, 1.82) is 0 Å². The summed E-state index contributed by atoms with van der Waals surface area (Å²) >= 11 is 0. The molecule has 2 amide bonds. The molecule has 2 aromatic carbocycles. The molecule has 2 N–H and O–H groups in total. The third-order valence-corrected chi connectivity index (χ3v) is 5.00. The summed E-state index contributed by atoms with van der Waals surface area (Å²) in [5.41, 5.74) is 3.19. The van der Waals surface area contributed by atoms with Gasteiger partial charge in [0.25, 0.3) is 0 Å². The van der Waals surface area contributed by atoms with Crippen LogP contribution in [0, 0.1) is 0 Å². The van der Waals surface area contributed by atoms with E-state index in [9.17, 15) is 9.90 Å². The highest BCUT2D eigenvalue weighted by molar-refractivity contribution is 5.75. The Labute approximate surface area is 159 Å². The van der Waals surface area contributed by atoms with Crippen LogP contribution in [0.1, 0.15) is 22.7 Å². The first-order valence-electron chi connectivity index (χ1n) is 9.12. The number of aliphatic hydroxyl groups excluding tert-OH is 1. The molecule has 0 aromatic heterocycles. The number of carbonyl (C=O) groups is 1. The Balaban J connectivity index is 1.63. The van der Waals surface area contributed by atoms with Crippen molar-refractivity contribution in [2.75, 3.05) is 33.9 Å².